The van der Waals surface area contributed by atoms with E-state index in [9.17, 15) is 0 Å². The maximum Gasteiger partial charge on any atom is 0.0548 e. The molecule has 180 valence electrons. The van der Waals surface area contributed by atoms with Crippen molar-refractivity contribution in [3.05, 3.63) is 140 Å². The lowest BCUT2D eigenvalue weighted by Gasteiger charge is -2.15. The van der Waals surface area contributed by atoms with E-state index in [1.807, 2.05) is 0 Å². The first-order chi connectivity index (χ1) is 19.4. The molecule has 0 N–H and O–H groups in total. The SMILES string of the molecule is c1ccc(-c2ccc(-n3c4ccccc4c4c5c(ccc43)-c3cccc4cccc-5c34)c3ccccc23)cc1. The third-order valence-electron chi connectivity index (χ3n) is 8.53. The minimum atomic E-state index is 1.21. The zero-order valence-electron chi connectivity index (χ0n) is 21.2. The van der Waals surface area contributed by atoms with Gasteiger partial charge in [0.2, 0.25) is 0 Å². The Morgan fingerprint density at radius 3 is 1.90 bits per heavy atom. The quantitative estimate of drug-likeness (QED) is 0.226. The Morgan fingerprint density at radius 1 is 0.359 bits per heavy atom. The highest BCUT2D eigenvalue weighted by Gasteiger charge is 2.26. The van der Waals surface area contributed by atoms with E-state index in [0.717, 1.165) is 0 Å². The molecule has 7 aromatic carbocycles. The van der Waals surface area contributed by atoms with E-state index < -0.39 is 0 Å². The van der Waals surface area contributed by atoms with Crippen molar-refractivity contribution in [3.8, 4) is 39.1 Å². The van der Waals surface area contributed by atoms with Gasteiger partial charge in [-0.15, -0.1) is 0 Å². The van der Waals surface area contributed by atoms with Crippen molar-refractivity contribution < 1.29 is 0 Å². The predicted octanol–water partition coefficient (Wildman–Crippen LogP) is 10.4. The van der Waals surface area contributed by atoms with Crippen LogP contribution in [0.2, 0.25) is 0 Å². The molecule has 1 nitrogen and oxygen atoms in total. The van der Waals surface area contributed by atoms with Crippen molar-refractivity contribution in [2.45, 2.75) is 0 Å². The highest BCUT2D eigenvalue weighted by Crippen LogP contribution is 2.52. The van der Waals surface area contributed by atoms with Crippen molar-refractivity contribution in [1.29, 1.82) is 0 Å². The lowest BCUT2D eigenvalue weighted by atomic mass is 9.97. The number of aromatic nitrogens is 1. The summed E-state index contributed by atoms with van der Waals surface area (Å²) in [4.78, 5) is 0. The van der Waals surface area contributed by atoms with Crippen LogP contribution in [0, 0.1) is 0 Å². The molecule has 9 rings (SSSR count). The fourth-order valence-corrected chi connectivity index (χ4v) is 6.95. The van der Waals surface area contributed by atoms with Crippen LogP contribution in [0.4, 0.5) is 0 Å². The molecule has 0 bridgehead atoms. The third kappa shape index (κ3) is 2.74. The second-order valence-electron chi connectivity index (χ2n) is 10.5. The maximum atomic E-state index is 2.48. The number of hydrogen-bond acceptors (Lipinski definition) is 0. The molecule has 0 amide bonds. The zero-order valence-corrected chi connectivity index (χ0v) is 21.2. The lowest BCUT2D eigenvalue weighted by molar-refractivity contribution is 1.20. The average Bonchev–Trinajstić information content (AvgIpc) is 3.51. The first kappa shape index (κ1) is 20.9. The highest BCUT2D eigenvalue weighted by molar-refractivity contribution is 6.26. The minimum Gasteiger partial charge on any atom is -0.309 e. The van der Waals surface area contributed by atoms with Crippen molar-refractivity contribution >= 4 is 43.4 Å². The normalized spacial score (nSPS) is 12.1. The van der Waals surface area contributed by atoms with Gasteiger partial charge in [-0.3, -0.25) is 0 Å². The van der Waals surface area contributed by atoms with Crippen LogP contribution in [-0.4, -0.2) is 4.57 Å². The molecule has 0 aliphatic heterocycles. The smallest absolute Gasteiger partial charge is 0.0548 e. The number of rotatable bonds is 2. The molecule has 0 spiro atoms. The van der Waals surface area contributed by atoms with Crippen LogP contribution in [0.15, 0.2) is 140 Å². The van der Waals surface area contributed by atoms with Gasteiger partial charge in [0.25, 0.3) is 0 Å². The molecule has 1 aliphatic rings. The number of fused-ring (bicyclic) bond motifs is 8. The van der Waals surface area contributed by atoms with E-state index in [0.29, 0.717) is 0 Å². The molecule has 1 aliphatic carbocycles. The van der Waals surface area contributed by atoms with Crippen LogP contribution >= 0.6 is 0 Å². The van der Waals surface area contributed by atoms with Crippen molar-refractivity contribution in [1.82, 2.24) is 4.57 Å². The molecule has 1 heteroatoms. The standard InChI is InChI=1S/C38H23N/c1-2-10-24(11-3-1)26-20-22-34(28-15-5-4-14-27(26)28)39-33-19-7-6-16-31(33)38-35(39)23-21-30-29-17-8-12-25-13-9-18-32(36(25)29)37(30)38/h1-23H. The number of hydrogen-bond donors (Lipinski definition) is 0. The molecule has 0 unspecified atom stereocenters. The third-order valence-corrected chi connectivity index (χ3v) is 8.53. The van der Waals surface area contributed by atoms with Gasteiger partial charge in [-0.2, -0.15) is 0 Å². The summed E-state index contributed by atoms with van der Waals surface area (Å²) in [6, 6.07) is 51.1. The fraction of sp³-hybridized carbons (Fsp3) is 0. The summed E-state index contributed by atoms with van der Waals surface area (Å²) in [7, 11) is 0. The molecule has 0 saturated carbocycles. The van der Waals surface area contributed by atoms with Crippen molar-refractivity contribution in [3.63, 3.8) is 0 Å². The Kier molecular flexibility index (Phi) is 4.11. The first-order valence-corrected chi connectivity index (χ1v) is 13.5. The number of benzene rings is 7. The molecular weight excluding hydrogens is 470 g/mol. The summed E-state index contributed by atoms with van der Waals surface area (Å²) in [5, 5.41) is 7.84. The monoisotopic (exact) mass is 493 g/mol. The molecule has 0 radical (unpaired) electrons. The molecule has 0 atom stereocenters. The van der Waals surface area contributed by atoms with Gasteiger partial charge in [0.05, 0.1) is 16.7 Å². The van der Waals surface area contributed by atoms with Crippen molar-refractivity contribution in [2.24, 2.45) is 0 Å². The van der Waals surface area contributed by atoms with E-state index in [1.165, 1.54) is 82.4 Å². The van der Waals surface area contributed by atoms with Crippen LogP contribution in [0.1, 0.15) is 0 Å². The fourth-order valence-electron chi connectivity index (χ4n) is 6.95. The summed E-state index contributed by atoms with van der Waals surface area (Å²) in [6.07, 6.45) is 0. The van der Waals surface area contributed by atoms with Gasteiger partial charge in [-0.25, -0.2) is 0 Å². The zero-order chi connectivity index (χ0) is 25.5. The number of nitrogens with zero attached hydrogens (tertiary/aromatic N) is 1. The largest absolute Gasteiger partial charge is 0.309 e. The van der Waals surface area contributed by atoms with Gasteiger partial charge >= 0.3 is 0 Å². The summed E-state index contributed by atoms with van der Waals surface area (Å²) >= 11 is 0. The van der Waals surface area contributed by atoms with Gasteiger partial charge in [-0.05, 0) is 62.2 Å². The maximum absolute atomic E-state index is 2.48. The topological polar surface area (TPSA) is 4.93 Å². The number of para-hydroxylation sites is 1. The Balaban J connectivity index is 1.42. The first-order valence-electron chi connectivity index (χ1n) is 13.5. The Bertz CT molecular complexity index is 2260. The molecule has 0 fully saturated rings. The van der Waals surface area contributed by atoms with Crippen molar-refractivity contribution in [2.75, 3.05) is 0 Å². The van der Waals surface area contributed by atoms with E-state index >= 15 is 0 Å². The molecule has 8 aromatic rings. The molecular formula is C38H23N. The summed E-state index contributed by atoms with van der Waals surface area (Å²) in [5.41, 5.74) is 11.6. The Morgan fingerprint density at radius 2 is 1.05 bits per heavy atom. The summed E-state index contributed by atoms with van der Waals surface area (Å²) in [5.74, 6) is 0. The van der Waals surface area contributed by atoms with E-state index in [2.05, 4.69) is 144 Å². The lowest BCUT2D eigenvalue weighted by Crippen LogP contribution is -1.96. The molecule has 1 aromatic heterocycles. The second-order valence-corrected chi connectivity index (χ2v) is 10.5. The highest BCUT2D eigenvalue weighted by atomic mass is 15.0. The Hall–Kier alpha value is -5.14. The van der Waals surface area contributed by atoms with Gasteiger partial charge in [0.1, 0.15) is 0 Å². The molecule has 0 saturated heterocycles. The van der Waals surface area contributed by atoms with Gasteiger partial charge in [0.15, 0.2) is 0 Å². The minimum absolute atomic E-state index is 1.21. The molecule has 1 heterocycles. The van der Waals surface area contributed by atoms with Gasteiger partial charge < -0.3 is 4.57 Å². The second kappa shape index (κ2) is 7.69. The van der Waals surface area contributed by atoms with Gasteiger partial charge in [-0.1, -0.05) is 121 Å². The summed E-state index contributed by atoms with van der Waals surface area (Å²) in [6.45, 7) is 0. The average molecular weight is 494 g/mol. The van der Waals surface area contributed by atoms with E-state index in [-0.39, 0.29) is 0 Å². The Labute approximate surface area is 226 Å². The predicted molar refractivity (Wildman–Crippen MR) is 166 cm³/mol. The van der Waals surface area contributed by atoms with E-state index in [1.54, 1.807) is 0 Å². The van der Waals surface area contributed by atoms with Crippen LogP contribution in [-0.2, 0) is 0 Å². The van der Waals surface area contributed by atoms with Crippen LogP contribution in [0.3, 0.4) is 0 Å². The molecule has 39 heavy (non-hydrogen) atoms. The summed E-state index contributed by atoms with van der Waals surface area (Å²) < 4.78 is 2.48. The van der Waals surface area contributed by atoms with Crippen LogP contribution < -0.4 is 0 Å². The van der Waals surface area contributed by atoms with E-state index in [4.69, 9.17) is 0 Å². The van der Waals surface area contributed by atoms with Gasteiger partial charge in [0, 0.05) is 21.7 Å². The van der Waals surface area contributed by atoms with Crippen LogP contribution in [0.5, 0.6) is 0 Å². The van der Waals surface area contributed by atoms with Crippen LogP contribution in [0.25, 0.3) is 82.4 Å².